The summed E-state index contributed by atoms with van der Waals surface area (Å²) in [5.74, 6) is 1.64. The lowest BCUT2D eigenvalue weighted by molar-refractivity contribution is 0.113. The summed E-state index contributed by atoms with van der Waals surface area (Å²) in [5.41, 5.74) is 0. The Morgan fingerprint density at radius 3 is 3.00 bits per heavy atom. The quantitative estimate of drug-likeness (QED) is 0.709. The van der Waals surface area contributed by atoms with Gasteiger partial charge in [0.15, 0.2) is 0 Å². The highest BCUT2D eigenvalue weighted by Crippen LogP contribution is 2.12. The first-order valence-corrected chi connectivity index (χ1v) is 6.25. The van der Waals surface area contributed by atoms with Gasteiger partial charge in [0.2, 0.25) is 0 Å². The maximum Gasteiger partial charge on any atom is 0.0861 e. The van der Waals surface area contributed by atoms with Crippen molar-refractivity contribution in [3.05, 3.63) is 22.4 Å². The summed E-state index contributed by atoms with van der Waals surface area (Å²) >= 11 is 3.44. The Balaban J connectivity index is 2.02. The molecule has 0 saturated heterocycles. The van der Waals surface area contributed by atoms with Crippen LogP contribution in [0.25, 0.3) is 0 Å². The number of aryl methyl sites for hydroxylation is 1. The molecule has 1 aromatic heterocycles. The van der Waals surface area contributed by atoms with Crippen molar-refractivity contribution in [2.45, 2.75) is 12.5 Å². The fourth-order valence-corrected chi connectivity index (χ4v) is 2.65. The molecular weight excluding hydrogens is 204 g/mol. The van der Waals surface area contributed by atoms with Crippen LogP contribution in [-0.2, 0) is 6.42 Å². The van der Waals surface area contributed by atoms with Gasteiger partial charge in [0, 0.05) is 10.6 Å². The minimum Gasteiger partial charge on any atom is -0.394 e. The van der Waals surface area contributed by atoms with Crippen LogP contribution in [-0.4, -0.2) is 34.4 Å². The van der Waals surface area contributed by atoms with Crippen LogP contribution in [0, 0.1) is 0 Å². The highest BCUT2D eigenvalue weighted by molar-refractivity contribution is 7.99. The van der Waals surface area contributed by atoms with E-state index in [1.165, 1.54) is 4.88 Å². The summed E-state index contributed by atoms with van der Waals surface area (Å²) in [6, 6.07) is 4.17. The highest BCUT2D eigenvalue weighted by atomic mass is 32.2. The number of thioether (sulfide) groups is 1. The van der Waals surface area contributed by atoms with Crippen LogP contribution in [0.15, 0.2) is 17.5 Å². The van der Waals surface area contributed by atoms with Crippen molar-refractivity contribution in [3.63, 3.8) is 0 Å². The SMILES string of the molecule is OCC(O)CSCCc1cccs1. The second-order valence-electron chi connectivity index (χ2n) is 2.74. The first-order valence-electron chi connectivity index (χ1n) is 4.22. The van der Waals surface area contributed by atoms with Crippen molar-refractivity contribution in [1.29, 1.82) is 0 Å². The molecule has 0 fully saturated rings. The van der Waals surface area contributed by atoms with E-state index >= 15 is 0 Å². The summed E-state index contributed by atoms with van der Waals surface area (Å²) in [6.07, 6.45) is 0.494. The van der Waals surface area contributed by atoms with E-state index in [2.05, 4.69) is 11.4 Å². The van der Waals surface area contributed by atoms with Gasteiger partial charge in [-0.1, -0.05) is 6.07 Å². The molecule has 1 unspecified atom stereocenters. The van der Waals surface area contributed by atoms with Crippen molar-refractivity contribution in [2.24, 2.45) is 0 Å². The molecule has 2 N–H and O–H groups in total. The van der Waals surface area contributed by atoms with Crippen molar-refractivity contribution in [2.75, 3.05) is 18.1 Å². The van der Waals surface area contributed by atoms with Crippen LogP contribution in [0.3, 0.4) is 0 Å². The van der Waals surface area contributed by atoms with Crippen LogP contribution in [0.4, 0.5) is 0 Å². The van der Waals surface area contributed by atoms with E-state index < -0.39 is 6.10 Å². The molecule has 1 rings (SSSR count). The molecule has 0 aliphatic heterocycles. The molecule has 13 heavy (non-hydrogen) atoms. The normalized spacial score (nSPS) is 13.1. The van der Waals surface area contributed by atoms with E-state index in [-0.39, 0.29) is 6.61 Å². The van der Waals surface area contributed by atoms with Gasteiger partial charge in [-0.25, -0.2) is 0 Å². The Hall–Kier alpha value is -0.0300. The summed E-state index contributed by atoms with van der Waals surface area (Å²) in [6.45, 7) is -0.133. The fourth-order valence-electron chi connectivity index (χ4n) is 0.900. The Morgan fingerprint density at radius 1 is 1.54 bits per heavy atom. The maximum absolute atomic E-state index is 9.05. The summed E-state index contributed by atoms with van der Waals surface area (Å²) in [4.78, 5) is 1.38. The molecule has 0 spiro atoms. The zero-order valence-corrected chi connectivity index (χ0v) is 8.98. The highest BCUT2D eigenvalue weighted by Gasteiger charge is 2.01. The van der Waals surface area contributed by atoms with Crippen molar-refractivity contribution < 1.29 is 10.2 Å². The van der Waals surface area contributed by atoms with E-state index in [0.717, 1.165) is 12.2 Å². The number of rotatable bonds is 6. The molecule has 1 atom stereocenters. The van der Waals surface area contributed by atoms with Crippen molar-refractivity contribution in [1.82, 2.24) is 0 Å². The minimum absolute atomic E-state index is 0.133. The number of aliphatic hydroxyl groups excluding tert-OH is 2. The van der Waals surface area contributed by atoms with Gasteiger partial charge in [-0.2, -0.15) is 11.8 Å². The van der Waals surface area contributed by atoms with Crippen LogP contribution in [0.2, 0.25) is 0 Å². The number of aliphatic hydroxyl groups is 2. The molecule has 1 heterocycles. The molecule has 2 nitrogen and oxygen atoms in total. The van der Waals surface area contributed by atoms with E-state index in [9.17, 15) is 0 Å². The zero-order chi connectivity index (χ0) is 9.52. The van der Waals surface area contributed by atoms with Gasteiger partial charge in [0.05, 0.1) is 12.7 Å². The van der Waals surface area contributed by atoms with Gasteiger partial charge in [-0.15, -0.1) is 11.3 Å². The molecule has 4 heteroatoms. The largest absolute Gasteiger partial charge is 0.394 e. The standard InChI is InChI=1S/C9H14O2S2/c10-6-8(11)7-12-5-3-9-2-1-4-13-9/h1-2,4,8,10-11H,3,5-7H2. The molecule has 0 amide bonds. The summed E-state index contributed by atoms with van der Waals surface area (Å²) < 4.78 is 0. The third kappa shape index (κ3) is 4.67. The van der Waals surface area contributed by atoms with Crippen LogP contribution in [0.5, 0.6) is 0 Å². The first-order chi connectivity index (χ1) is 6.33. The third-order valence-electron chi connectivity index (χ3n) is 1.59. The Bertz CT molecular complexity index is 211. The van der Waals surface area contributed by atoms with Crippen LogP contribution in [0.1, 0.15) is 4.88 Å². The van der Waals surface area contributed by atoms with Crippen molar-refractivity contribution >= 4 is 23.1 Å². The van der Waals surface area contributed by atoms with E-state index in [4.69, 9.17) is 10.2 Å². The van der Waals surface area contributed by atoms with Gasteiger partial charge >= 0.3 is 0 Å². The maximum atomic E-state index is 9.05. The smallest absolute Gasteiger partial charge is 0.0861 e. The monoisotopic (exact) mass is 218 g/mol. The van der Waals surface area contributed by atoms with Gasteiger partial charge in [0.25, 0.3) is 0 Å². The van der Waals surface area contributed by atoms with Gasteiger partial charge in [0.1, 0.15) is 0 Å². The van der Waals surface area contributed by atoms with E-state index in [0.29, 0.717) is 5.75 Å². The Labute approximate surface area is 86.6 Å². The average Bonchev–Trinajstić information content (AvgIpc) is 2.64. The molecule has 0 aliphatic rings. The second kappa shape index (κ2) is 6.43. The van der Waals surface area contributed by atoms with Gasteiger partial charge < -0.3 is 10.2 Å². The second-order valence-corrected chi connectivity index (χ2v) is 4.92. The molecule has 0 aliphatic carbocycles. The lowest BCUT2D eigenvalue weighted by Gasteiger charge is -2.05. The molecule has 0 radical (unpaired) electrons. The first kappa shape index (κ1) is 11.0. The van der Waals surface area contributed by atoms with Crippen molar-refractivity contribution in [3.8, 4) is 0 Å². The summed E-state index contributed by atoms with van der Waals surface area (Å²) in [7, 11) is 0. The average molecular weight is 218 g/mol. The molecule has 74 valence electrons. The third-order valence-corrected chi connectivity index (χ3v) is 3.64. The summed E-state index contributed by atoms with van der Waals surface area (Å²) in [5, 5.41) is 19.7. The molecule has 0 bridgehead atoms. The van der Waals surface area contributed by atoms with E-state index in [1.807, 2.05) is 6.07 Å². The van der Waals surface area contributed by atoms with E-state index in [1.54, 1.807) is 23.1 Å². The van der Waals surface area contributed by atoms with Crippen LogP contribution >= 0.6 is 23.1 Å². The van der Waals surface area contributed by atoms with Gasteiger partial charge in [-0.3, -0.25) is 0 Å². The Morgan fingerprint density at radius 2 is 2.38 bits per heavy atom. The topological polar surface area (TPSA) is 40.5 Å². The number of hydrogen-bond donors (Lipinski definition) is 2. The number of thiophene rings is 1. The lowest BCUT2D eigenvalue weighted by atomic mass is 10.4. The molecular formula is C9H14O2S2. The lowest BCUT2D eigenvalue weighted by Crippen LogP contribution is -2.15. The molecule has 0 aromatic carbocycles. The van der Waals surface area contributed by atoms with Gasteiger partial charge in [-0.05, 0) is 23.6 Å². The van der Waals surface area contributed by atoms with Crippen LogP contribution < -0.4 is 0 Å². The fraction of sp³-hybridized carbons (Fsp3) is 0.556. The Kier molecular flexibility index (Phi) is 5.46. The predicted octanol–water partition coefficient (Wildman–Crippen LogP) is 1.38. The minimum atomic E-state index is -0.562. The molecule has 0 saturated carbocycles. The predicted molar refractivity (Wildman–Crippen MR) is 58.4 cm³/mol. The number of hydrogen-bond acceptors (Lipinski definition) is 4. The molecule has 1 aromatic rings. The zero-order valence-electron chi connectivity index (χ0n) is 7.35.